The molecule has 0 N–H and O–H groups in total. The molecule has 0 aliphatic heterocycles. The van der Waals surface area contributed by atoms with Gasteiger partial charge in [-0.2, -0.15) is 0 Å². The Morgan fingerprint density at radius 1 is 1.18 bits per heavy atom. The minimum atomic E-state index is -0.620. The van der Waals surface area contributed by atoms with Crippen molar-refractivity contribution in [2.45, 2.75) is 6.92 Å². The van der Waals surface area contributed by atoms with Crippen molar-refractivity contribution in [2.75, 3.05) is 6.61 Å². The fourth-order valence-electron chi connectivity index (χ4n) is 1.21. The SMILES string of the molecule is CCOC(=O)C(=C(Cl)Cl)c1cc(Cl)cc(Cl)c1. The molecule has 2 nitrogen and oxygen atoms in total. The van der Waals surface area contributed by atoms with E-state index in [2.05, 4.69) is 0 Å². The Hall–Kier alpha value is -0.410. The summed E-state index contributed by atoms with van der Waals surface area (Å²) in [6.07, 6.45) is 0. The Kier molecular flexibility index (Phi) is 5.60. The normalized spacial score (nSPS) is 9.94. The topological polar surface area (TPSA) is 26.3 Å². The maximum absolute atomic E-state index is 11.7. The molecule has 0 atom stereocenters. The lowest BCUT2D eigenvalue weighted by Gasteiger charge is -2.08. The third-order valence-corrected chi connectivity index (χ3v) is 2.63. The van der Waals surface area contributed by atoms with Crippen LogP contribution in [0.4, 0.5) is 0 Å². The highest BCUT2D eigenvalue weighted by atomic mass is 35.5. The Balaban J connectivity index is 3.25. The molecular formula is C11H8Cl4O2. The number of benzene rings is 1. The van der Waals surface area contributed by atoms with Crippen LogP contribution >= 0.6 is 46.4 Å². The van der Waals surface area contributed by atoms with Crippen LogP contribution in [0.15, 0.2) is 22.7 Å². The third kappa shape index (κ3) is 4.07. The summed E-state index contributed by atoms with van der Waals surface area (Å²) < 4.78 is 4.65. The Morgan fingerprint density at radius 3 is 2.12 bits per heavy atom. The standard InChI is InChI=1S/C11H8Cl4O2/c1-2-17-11(16)9(10(14)15)6-3-7(12)5-8(13)4-6/h3-5H,2H2,1H3. The first-order valence-corrected chi connectivity index (χ1v) is 6.15. The van der Waals surface area contributed by atoms with Gasteiger partial charge in [-0.3, -0.25) is 0 Å². The van der Waals surface area contributed by atoms with Gasteiger partial charge in [0.2, 0.25) is 0 Å². The van der Waals surface area contributed by atoms with E-state index in [4.69, 9.17) is 51.1 Å². The average molecular weight is 314 g/mol. The molecule has 0 saturated carbocycles. The van der Waals surface area contributed by atoms with Crippen LogP contribution in [0.1, 0.15) is 12.5 Å². The molecule has 0 amide bonds. The highest BCUT2D eigenvalue weighted by molar-refractivity contribution is 6.61. The molecule has 17 heavy (non-hydrogen) atoms. The first kappa shape index (κ1) is 14.7. The predicted octanol–water partition coefficient (Wildman–Crippen LogP) is 4.70. The van der Waals surface area contributed by atoms with Crippen molar-refractivity contribution < 1.29 is 9.53 Å². The minimum Gasteiger partial charge on any atom is -0.462 e. The van der Waals surface area contributed by atoms with Crippen molar-refractivity contribution >= 4 is 57.9 Å². The third-order valence-electron chi connectivity index (χ3n) is 1.82. The van der Waals surface area contributed by atoms with Crippen molar-refractivity contribution in [3.8, 4) is 0 Å². The smallest absolute Gasteiger partial charge is 0.341 e. The van der Waals surface area contributed by atoms with Crippen LogP contribution in [0.2, 0.25) is 10.0 Å². The number of halogens is 4. The molecule has 6 heteroatoms. The minimum absolute atomic E-state index is 0.0413. The second-order valence-corrected chi connectivity index (χ2v) is 4.84. The lowest BCUT2D eigenvalue weighted by molar-refractivity contribution is -0.136. The largest absolute Gasteiger partial charge is 0.462 e. The highest BCUT2D eigenvalue weighted by Crippen LogP contribution is 2.30. The lowest BCUT2D eigenvalue weighted by atomic mass is 10.1. The summed E-state index contributed by atoms with van der Waals surface area (Å²) in [7, 11) is 0. The van der Waals surface area contributed by atoms with E-state index in [9.17, 15) is 4.79 Å². The van der Waals surface area contributed by atoms with E-state index in [0.717, 1.165) is 0 Å². The van der Waals surface area contributed by atoms with Gasteiger partial charge in [0.05, 0.1) is 12.2 Å². The van der Waals surface area contributed by atoms with Crippen LogP contribution in [-0.2, 0) is 9.53 Å². The number of rotatable bonds is 3. The molecular weight excluding hydrogens is 306 g/mol. The van der Waals surface area contributed by atoms with Gasteiger partial charge in [-0.15, -0.1) is 0 Å². The van der Waals surface area contributed by atoms with E-state index in [1.165, 1.54) is 18.2 Å². The zero-order valence-corrected chi connectivity index (χ0v) is 11.8. The summed E-state index contributed by atoms with van der Waals surface area (Å²) in [5.41, 5.74) is 0.459. The molecule has 0 bridgehead atoms. The summed E-state index contributed by atoms with van der Waals surface area (Å²) in [6.45, 7) is 1.90. The molecule has 0 saturated heterocycles. The summed E-state index contributed by atoms with van der Waals surface area (Å²) >= 11 is 23.0. The molecule has 0 aliphatic carbocycles. The van der Waals surface area contributed by atoms with Crippen LogP contribution in [0.5, 0.6) is 0 Å². The van der Waals surface area contributed by atoms with Gasteiger partial charge in [-0.25, -0.2) is 4.79 Å². The fourth-order valence-corrected chi connectivity index (χ4v) is 2.10. The van der Waals surface area contributed by atoms with Crippen LogP contribution in [0, 0.1) is 0 Å². The van der Waals surface area contributed by atoms with Crippen molar-refractivity contribution in [1.82, 2.24) is 0 Å². The van der Waals surface area contributed by atoms with Crippen molar-refractivity contribution in [3.05, 3.63) is 38.3 Å². The second kappa shape index (κ2) is 6.50. The quantitative estimate of drug-likeness (QED) is 0.597. The van der Waals surface area contributed by atoms with Gasteiger partial charge in [0.25, 0.3) is 0 Å². The zero-order chi connectivity index (χ0) is 13.0. The second-order valence-electron chi connectivity index (χ2n) is 3.01. The van der Waals surface area contributed by atoms with E-state index in [1.807, 2.05) is 0 Å². The highest BCUT2D eigenvalue weighted by Gasteiger charge is 2.18. The number of hydrogen-bond donors (Lipinski definition) is 0. The fraction of sp³-hybridized carbons (Fsp3) is 0.182. The van der Waals surface area contributed by atoms with Crippen molar-refractivity contribution in [3.63, 3.8) is 0 Å². The maximum atomic E-state index is 11.7. The van der Waals surface area contributed by atoms with Crippen LogP contribution in [0.3, 0.4) is 0 Å². The molecule has 1 aromatic carbocycles. The molecule has 0 aliphatic rings. The molecule has 0 unspecified atom stereocenters. The Labute approximate surface area is 119 Å². The van der Waals surface area contributed by atoms with Gasteiger partial charge in [-0.1, -0.05) is 46.4 Å². The van der Waals surface area contributed by atoms with Gasteiger partial charge in [0.1, 0.15) is 4.49 Å². The van der Waals surface area contributed by atoms with Crippen molar-refractivity contribution in [2.24, 2.45) is 0 Å². The van der Waals surface area contributed by atoms with Crippen molar-refractivity contribution in [1.29, 1.82) is 0 Å². The van der Waals surface area contributed by atoms with E-state index in [-0.39, 0.29) is 16.7 Å². The zero-order valence-electron chi connectivity index (χ0n) is 8.77. The molecule has 1 aromatic rings. The first-order chi connectivity index (χ1) is 7.95. The molecule has 0 fully saturated rings. The van der Waals surface area contributed by atoms with Gasteiger partial charge >= 0.3 is 5.97 Å². The summed E-state index contributed by atoms with van der Waals surface area (Å²) in [6, 6.07) is 4.60. The molecule has 0 heterocycles. The summed E-state index contributed by atoms with van der Waals surface area (Å²) in [5, 5.41) is 0.757. The molecule has 92 valence electrons. The van der Waals surface area contributed by atoms with Gasteiger partial charge in [0, 0.05) is 10.0 Å². The summed E-state index contributed by atoms with van der Waals surface area (Å²) in [4.78, 5) is 11.7. The van der Waals surface area contributed by atoms with E-state index >= 15 is 0 Å². The van der Waals surface area contributed by atoms with Crippen LogP contribution in [-0.4, -0.2) is 12.6 Å². The van der Waals surface area contributed by atoms with Gasteiger partial charge < -0.3 is 4.74 Å². The van der Waals surface area contributed by atoms with Gasteiger partial charge in [0.15, 0.2) is 0 Å². The molecule has 0 radical (unpaired) electrons. The van der Waals surface area contributed by atoms with Gasteiger partial charge in [-0.05, 0) is 30.7 Å². The van der Waals surface area contributed by atoms with Crippen LogP contribution in [0.25, 0.3) is 5.57 Å². The Morgan fingerprint density at radius 2 is 1.71 bits per heavy atom. The number of carbonyl (C=O) groups excluding carboxylic acids is 1. The Bertz CT molecular complexity index is 444. The van der Waals surface area contributed by atoms with E-state index in [0.29, 0.717) is 15.6 Å². The van der Waals surface area contributed by atoms with E-state index in [1.54, 1.807) is 6.92 Å². The summed E-state index contributed by atoms with van der Waals surface area (Å²) in [5.74, 6) is -0.620. The molecule has 0 aromatic heterocycles. The first-order valence-electron chi connectivity index (χ1n) is 4.64. The number of hydrogen-bond acceptors (Lipinski definition) is 2. The number of esters is 1. The predicted molar refractivity (Wildman–Crippen MR) is 71.7 cm³/mol. The van der Waals surface area contributed by atoms with Crippen LogP contribution < -0.4 is 0 Å². The average Bonchev–Trinajstić information content (AvgIpc) is 2.15. The van der Waals surface area contributed by atoms with E-state index < -0.39 is 5.97 Å². The molecule has 0 spiro atoms. The number of ether oxygens (including phenoxy) is 1. The maximum Gasteiger partial charge on any atom is 0.341 e. The lowest BCUT2D eigenvalue weighted by Crippen LogP contribution is -2.07. The number of carbonyl (C=O) groups is 1. The monoisotopic (exact) mass is 312 g/mol. The molecule has 1 rings (SSSR count).